The Morgan fingerprint density at radius 3 is 2.53 bits per heavy atom. The molecule has 0 unspecified atom stereocenters. The Hall–Kier alpha value is -0.820. The molecule has 0 bridgehead atoms. The van der Waals surface area contributed by atoms with E-state index in [0.29, 0.717) is 0 Å². The quantitative estimate of drug-likeness (QED) is 0.628. The van der Waals surface area contributed by atoms with E-state index >= 15 is 0 Å². The first-order valence-corrected chi connectivity index (χ1v) is 5.72. The molecular weight excluding hydrogens is 182 g/mol. The second-order valence-electron chi connectivity index (χ2n) is 4.41. The first-order chi connectivity index (χ1) is 7.08. The molecule has 0 aliphatic rings. The highest BCUT2D eigenvalue weighted by Gasteiger charge is 2.19. The fraction of sp³-hybridized carbons (Fsp3) is 0.571. The van der Waals surface area contributed by atoms with Crippen LogP contribution in [0.1, 0.15) is 33.6 Å². The van der Waals surface area contributed by atoms with Crippen LogP contribution in [-0.4, -0.2) is 13.6 Å². The maximum absolute atomic E-state index is 3.78. The van der Waals surface area contributed by atoms with E-state index < -0.39 is 0 Å². The molecular formula is C14H25N. The van der Waals surface area contributed by atoms with Gasteiger partial charge >= 0.3 is 0 Å². The van der Waals surface area contributed by atoms with Gasteiger partial charge in [0, 0.05) is 0 Å². The highest BCUT2D eigenvalue weighted by Crippen LogP contribution is 2.31. The Kier molecular flexibility index (Phi) is 7.06. The first-order valence-electron chi connectivity index (χ1n) is 5.72. The zero-order valence-electron chi connectivity index (χ0n) is 10.6. The van der Waals surface area contributed by atoms with E-state index in [0.717, 1.165) is 19.4 Å². The van der Waals surface area contributed by atoms with E-state index in [1.54, 1.807) is 0 Å². The number of rotatable bonds is 7. The SMILES string of the molecule is C=C/C=C(\C=C/CC)C(C)(C)CCNC. The van der Waals surface area contributed by atoms with E-state index in [2.05, 4.69) is 50.9 Å². The lowest BCUT2D eigenvalue weighted by molar-refractivity contribution is 0.410. The van der Waals surface area contributed by atoms with Gasteiger partial charge in [-0.25, -0.2) is 0 Å². The van der Waals surface area contributed by atoms with E-state index in [-0.39, 0.29) is 5.41 Å². The summed E-state index contributed by atoms with van der Waals surface area (Å²) in [5.41, 5.74) is 1.57. The average molecular weight is 207 g/mol. The molecule has 0 aromatic carbocycles. The predicted octanol–water partition coefficient (Wildman–Crippen LogP) is 3.70. The molecule has 0 aliphatic carbocycles. The molecule has 0 atom stereocenters. The Bertz CT molecular complexity index is 234. The summed E-state index contributed by atoms with van der Waals surface area (Å²) in [5, 5.41) is 3.20. The Morgan fingerprint density at radius 1 is 1.40 bits per heavy atom. The maximum atomic E-state index is 3.78. The number of nitrogens with one attached hydrogen (secondary N) is 1. The van der Waals surface area contributed by atoms with Gasteiger partial charge in [0.15, 0.2) is 0 Å². The topological polar surface area (TPSA) is 12.0 Å². The van der Waals surface area contributed by atoms with Crippen molar-refractivity contribution in [3.8, 4) is 0 Å². The minimum atomic E-state index is 0.211. The van der Waals surface area contributed by atoms with Gasteiger partial charge < -0.3 is 5.32 Å². The predicted molar refractivity (Wildman–Crippen MR) is 70.0 cm³/mol. The van der Waals surface area contributed by atoms with Crippen LogP contribution in [0.3, 0.4) is 0 Å². The molecule has 1 N–H and O–H groups in total. The largest absolute Gasteiger partial charge is 0.320 e. The lowest BCUT2D eigenvalue weighted by Gasteiger charge is -2.26. The highest BCUT2D eigenvalue weighted by molar-refractivity contribution is 5.28. The van der Waals surface area contributed by atoms with Gasteiger partial charge in [0.1, 0.15) is 0 Å². The maximum Gasteiger partial charge on any atom is -0.00436 e. The minimum Gasteiger partial charge on any atom is -0.320 e. The zero-order chi connectivity index (χ0) is 11.7. The van der Waals surface area contributed by atoms with Crippen LogP contribution in [0, 0.1) is 5.41 Å². The van der Waals surface area contributed by atoms with Crippen LogP contribution in [0.25, 0.3) is 0 Å². The third-order valence-electron chi connectivity index (χ3n) is 2.61. The number of hydrogen-bond acceptors (Lipinski definition) is 1. The summed E-state index contributed by atoms with van der Waals surface area (Å²) in [6.45, 7) is 11.5. The lowest BCUT2D eigenvalue weighted by atomic mass is 9.80. The molecule has 0 rings (SSSR count). The van der Waals surface area contributed by atoms with Crippen molar-refractivity contribution in [2.24, 2.45) is 5.41 Å². The summed E-state index contributed by atoms with van der Waals surface area (Å²) >= 11 is 0. The molecule has 0 saturated carbocycles. The van der Waals surface area contributed by atoms with Gasteiger partial charge in [-0.05, 0) is 37.4 Å². The number of allylic oxidation sites excluding steroid dienone is 5. The monoisotopic (exact) mass is 207 g/mol. The third kappa shape index (κ3) is 5.58. The standard InChI is InChI=1S/C14H25N/c1-6-8-10-13(9-7-2)14(3,4)11-12-15-5/h7-10,15H,2,6,11-12H2,1,3-5H3/b10-8-,13-9+. The van der Waals surface area contributed by atoms with Crippen LogP contribution < -0.4 is 5.32 Å². The molecule has 1 heteroatoms. The summed E-state index contributed by atoms with van der Waals surface area (Å²) in [6.07, 6.45) is 10.6. The van der Waals surface area contributed by atoms with Crippen molar-refractivity contribution in [1.82, 2.24) is 5.32 Å². The molecule has 0 amide bonds. The van der Waals surface area contributed by atoms with Crippen molar-refractivity contribution < 1.29 is 0 Å². The van der Waals surface area contributed by atoms with Gasteiger partial charge in [-0.2, -0.15) is 0 Å². The van der Waals surface area contributed by atoms with E-state index in [1.807, 2.05) is 13.1 Å². The van der Waals surface area contributed by atoms with Crippen LogP contribution in [0.4, 0.5) is 0 Å². The van der Waals surface area contributed by atoms with E-state index in [9.17, 15) is 0 Å². The van der Waals surface area contributed by atoms with Crippen LogP contribution in [0.2, 0.25) is 0 Å². The van der Waals surface area contributed by atoms with Crippen LogP contribution in [0.15, 0.2) is 36.5 Å². The minimum absolute atomic E-state index is 0.211. The van der Waals surface area contributed by atoms with Crippen LogP contribution >= 0.6 is 0 Å². The molecule has 0 aromatic heterocycles. The zero-order valence-corrected chi connectivity index (χ0v) is 10.6. The van der Waals surface area contributed by atoms with Crippen molar-refractivity contribution in [1.29, 1.82) is 0 Å². The van der Waals surface area contributed by atoms with Gasteiger partial charge in [0.2, 0.25) is 0 Å². The van der Waals surface area contributed by atoms with Gasteiger partial charge in [0.05, 0.1) is 0 Å². The van der Waals surface area contributed by atoms with Crippen molar-refractivity contribution in [2.45, 2.75) is 33.6 Å². The smallest absolute Gasteiger partial charge is 0.00436 e. The summed E-state index contributed by atoms with van der Waals surface area (Å²) < 4.78 is 0. The molecule has 0 heterocycles. The van der Waals surface area contributed by atoms with E-state index in [1.165, 1.54) is 5.57 Å². The van der Waals surface area contributed by atoms with Gasteiger partial charge in [-0.15, -0.1) is 0 Å². The van der Waals surface area contributed by atoms with Crippen molar-refractivity contribution in [2.75, 3.05) is 13.6 Å². The van der Waals surface area contributed by atoms with Gasteiger partial charge in [0.25, 0.3) is 0 Å². The summed E-state index contributed by atoms with van der Waals surface area (Å²) in [7, 11) is 1.99. The highest BCUT2D eigenvalue weighted by atomic mass is 14.8. The second kappa shape index (κ2) is 7.47. The first kappa shape index (κ1) is 14.2. The van der Waals surface area contributed by atoms with Crippen molar-refractivity contribution in [3.05, 3.63) is 36.5 Å². The third-order valence-corrected chi connectivity index (χ3v) is 2.61. The molecule has 0 aromatic rings. The summed E-state index contributed by atoms with van der Waals surface area (Å²) in [4.78, 5) is 0. The molecule has 0 aliphatic heterocycles. The molecule has 0 saturated heterocycles. The summed E-state index contributed by atoms with van der Waals surface area (Å²) in [6, 6.07) is 0. The normalized spacial score (nSPS) is 13.5. The van der Waals surface area contributed by atoms with Gasteiger partial charge in [-0.1, -0.05) is 51.7 Å². The Balaban J connectivity index is 4.65. The molecule has 1 nitrogen and oxygen atoms in total. The van der Waals surface area contributed by atoms with Crippen molar-refractivity contribution in [3.63, 3.8) is 0 Å². The average Bonchev–Trinajstić information content (AvgIpc) is 2.21. The summed E-state index contributed by atoms with van der Waals surface area (Å²) in [5.74, 6) is 0. The van der Waals surface area contributed by atoms with E-state index in [4.69, 9.17) is 0 Å². The fourth-order valence-electron chi connectivity index (χ4n) is 1.46. The van der Waals surface area contributed by atoms with Crippen LogP contribution in [-0.2, 0) is 0 Å². The van der Waals surface area contributed by atoms with Gasteiger partial charge in [-0.3, -0.25) is 0 Å². The van der Waals surface area contributed by atoms with Crippen LogP contribution in [0.5, 0.6) is 0 Å². The Morgan fingerprint density at radius 2 is 2.07 bits per heavy atom. The lowest BCUT2D eigenvalue weighted by Crippen LogP contribution is -2.21. The Labute approximate surface area is 95.0 Å². The second-order valence-corrected chi connectivity index (χ2v) is 4.41. The molecule has 0 radical (unpaired) electrons. The van der Waals surface area contributed by atoms with Crippen molar-refractivity contribution >= 4 is 0 Å². The molecule has 0 spiro atoms. The molecule has 86 valence electrons. The number of hydrogen-bond donors (Lipinski definition) is 1. The molecule has 15 heavy (non-hydrogen) atoms. The fourth-order valence-corrected chi connectivity index (χ4v) is 1.46. The molecule has 0 fully saturated rings.